The lowest BCUT2D eigenvalue weighted by Gasteiger charge is -2.11. The minimum atomic E-state index is 0. The Labute approximate surface area is 158 Å². The summed E-state index contributed by atoms with van der Waals surface area (Å²) in [4.78, 5) is 8.25. The fourth-order valence-electron chi connectivity index (χ4n) is 1.94. The van der Waals surface area contributed by atoms with Crippen LogP contribution in [0.2, 0.25) is 5.15 Å². The molecule has 0 saturated carbocycles. The van der Waals surface area contributed by atoms with Crippen LogP contribution in [0.25, 0.3) is 0 Å². The highest BCUT2D eigenvalue weighted by molar-refractivity contribution is 14.0. The van der Waals surface area contributed by atoms with Crippen LogP contribution in [0.15, 0.2) is 29.6 Å². The van der Waals surface area contributed by atoms with Crippen LogP contribution < -0.4 is 10.6 Å². The molecule has 2 rings (SSSR count). The predicted octanol–water partition coefficient (Wildman–Crippen LogP) is 1.87. The first-order chi connectivity index (χ1) is 10.7. The number of hydrogen-bond acceptors (Lipinski definition) is 4. The zero-order valence-electron chi connectivity index (χ0n) is 13.2. The van der Waals surface area contributed by atoms with Crippen molar-refractivity contribution in [1.82, 2.24) is 30.4 Å². The number of aromatic nitrogens is 4. The van der Waals surface area contributed by atoms with Gasteiger partial charge in [0.1, 0.15) is 11.5 Å². The molecule has 0 bridgehead atoms. The van der Waals surface area contributed by atoms with E-state index < -0.39 is 0 Å². The fourth-order valence-corrected chi connectivity index (χ4v) is 2.05. The van der Waals surface area contributed by atoms with Crippen molar-refractivity contribution in [3.05, 3.63) is 41.2 Å². The molecule has 0 radical (unpaired) electrons. The first kappa shape index (κ1) is 19.6. The Morgan fingerprint density at radius 1 is 1.35 bits per heavy atom. The van der Waals surface area contributed by atoms with Crippen molar-refractivity contribution in [1.29, 1.82) is 0 Å². The Kier molecular flexibility index (Phi) is 8.85. The third kappa shape index (κ3) is 6.30. The second-order valence-electron chi connectivity index (χ2n) is 4.62. The maximum absolute atomic E-state index is 5.76. The molecule has 2 aromatic heterocycles. The van der Waals surface area contributed by atoms with Gasteiger partial charge in [-0.3, -0.25) is 4.99 Å². The first-order valence-electron chi connectivity index (χ1n) is 7.14. The summed E-state index contributed by atoms with van der Waals surface area (Å²) in [5, 5.41) is 15.0. The van der Waals surface area contributed by atoms with Crippen LogP contribution in [0.5, 0.6) is 0 Å². The quantitative estimate of drug-likeness (QED) is 0.305. The van der Waals surface area contributed by atoms with Gasteiger partial charge in [0.05, 0.1) is 6.54 Å². The third-order valence-electron chi connectivity index (χ3n) is 3.17. The summed E-state index contributed by atoms with van der Waals surface area (Å²) in [5.74, 6) is 1.61. The summed E-state index contributed by atoms with van der Waals surface area (Å²) in [7, 11) is 1.74. The Bertz CT molecular complexity index is 612. The SMILES string of the molecule is CCn1cnnc1CNC(=NC)NCCc1ccc(Cl)nc1.I. The molecule has 0 fully saturated rings. The maximum atomic E-state index is 5.76. The number of rotatable bonds is 6. The van der Waals surface area contributed by atoms with E-state index in [1.54, 1.807) is 25.6 Å². The number of nitrogens with zero attached hydrogens (tertiary/aromatic N) is 5. The van der Waals surface area contributed by atoms with E-state index in [4.69, 9.17) is 11.6 Å². The summed E-state index contributed by atoms with van der Waals surface area (Å²) in [6.45, 7) is 4.24. The highest BCUT2D eigenvalue weighted by Crippen LogP contribution is 2.05. The molecule has 0 aromatic carbocycles. The van der Waals surface area contributed by atoms with Crippen molar-refractivity contribution in [3.63, 3.8) is 0 Å². The van der Waals surface area contributed by atoms with E-state index in [-0.39, 0.29) is 24.0 Å². The molecule has 126 valence electrons. The lowest BCUT2D eigenvalue weighted by molar-refractivity contribution is 0.669. The highest BCUT2D eigenvalue weighted by Gasteiger charge is 2.04. The topological polar surface area (TPSA) is 80.0 Å². The fraction of sp³-hybridized carbons (Fsp3) is 0.429. The van der Waals surface area contributed by atoms with Crippen LogP contribution >= 0.6 is 35.6 Å². The van der Waals surface area contributed by atoms with Crippen LogP contribution in [-0.2, 0) is 19.5 Å². The van der Waals surface area contributed by atoms with Gasteiger partial charge in [-0.1, -0.05) is 17.7 Å². The zero-order valence-corrected chi connectivity index (χ0v) is 16.2. The minimum Gasteiger partial charge on any atom is -0.356 e. The van der Waals surface area contributed by atoms with Gasteiger partial charge in [0, 0.05) is 26.3 Å². The van der Waals surface area contributed by atoms with Gasteiger partial charge in [0.15, 0.2) is 11.8 Å². The van der Waals surface area contributed by atoms with Gasteiger partial charge < -0.3 is 15.2 Å². The molecule has 7 nitrogen and oxygen atoms in total. The zero-order chi connectivity index (χ0) is 15.8. The molecule has 2 aromatic rings. The van der Waals surface area contributed by atoms with Gasteiger partial charge in [-0.15, -0.1) is 34.2 Å². The number of halogens is 2. The van der Waals surface area contributed by atoms with Crippen LogP contribution in [-0.4, -0.2) is 39.3 Å². The Morgan fingerprint density at radius 2 is 2.17 bits per heavy atom. The third-order valence-corrected chi connectivity index (χ3v) is 3.39. The molecule has 0 aliphatic rings. The molecule has 0 spiro atoms. The average molecular weight is 450 g/mol. The van der Waals surface area contributed by atoms with Gasteiger partial charge >= 0.3 is 0 Å². The van der Waals surface area contributed by atoms with Crippen LogP contribution in [0.3, 0.4) is 0 Å². The molecular formula is C14H21ClIN7. The molecule has 0 unspecified atom stereocenters. The lowest BCUT2D eigenvalue weighted by atomic mass is 10.2. The monoisotopic (exact) mass is 449 g/mol. The van der Waals surface area contributed by atoms with Crippen molar-refractivity contribution >= 4 is 41.5 Å². The van der Waals surface area contributed by atoms with Gasteiger partial charge in [-0.25, -0.2) is 4.98 Å². The number of guanidine groups is 1. The van der Waals surface area contributed by atoms with E-state index in [0.717, 1.165) is 36.9 Å². The van der Waals surface area contributed by atoms with Gasteiger partial charge in [-0.2, -0.15) is 0 Å². The molecule has 0 atom stereocenters. The lowest BCUT2D eigenvalue weighted by Crippen LogP contribution is -2.38. The van der Waals surface area contributed by atoms with Crippen LogP contribution in [0.1, 0.15) is 18.3 Å². The second-order valence-corrected chi connectivity index (χ2v) is 5.01. The van der Waals surface area contributed by atoms with Gasteiger partial charge in [-0.05, 0) is 25.0 Å². The van der Waals surface area contributed by atoms with Crippen LogP contribution in [0.4, 0.5) is 0 Å². The summed E-state index contributed by atoms with van der Waals surface area (Å²) in [6, 6.07) is 3.76. The summed E-state index contributed by atoms with van der Waals surface area (Å²) in [6.07, 6.45) is 4.35. The van der Waals surface area contributed by atoms with E-state index in [1.807, 2.05) is 10.6 Å². The molecule has 0 amide bonds. The van der Waals surface area contributed by atoms with Crippen molar-refractivity contribution in [2.45, 2.75) is 26.4 Å². The van der Waals surface area contributed by atoms with Crippen molar-refractivity contribution in [3.8, 4) is 0 Å². The highest BCUT2D eigenvalue weighted by atomic mass is 127. The molecule has 23 heavy (non-hydrogen) atoms. The second kappa shape index (κ2) is 10.4. The molecule has 0 aliphatic heterocycles. The van der Waals surface area contributed by atoms with E-state index in [1.165, 1.54) is 0 Å². The molecule has 2 N–H and O–H groups in total. The molecule has 2 heterocycles. The van der Waals surface area contributed by atoms with Crippen molar-refractivity contribution in [2.24, 2.45) is 4.99 Å². The molecule has 0 aliphatic carbocycles. The number of aliphatic imine (C=N–C) groups is 1. The van der Waals surface area contributed by atoms with E-state index >= 15 is 0 Å². The number of aryl methyl sites for hydroxylation is 1. The number of pyridine rings is 1. The smallest absolute Gasteiger partial charge is 0.191 e. The summed E-state index contributed by atoms with van der Waals surface area (Å²) in [5.41, 5.74) is 1.12. The van der Waals surface area contributed by atoms with Gasteiger partial charge in [0.2, 0.25) is 0 Å². The Hall–Kier alpha value is -1.42. The molecule has 9 heteroatoms. The molecule has 0 saturated heterocycles. The van der Waals surface area contributed by atoms with E-state index in [2.05, 4.69) is 37.7 Å². The number of nitrogens with one attached hydrogen (secondary N) is 2. The largest absolute Gasteiger partial charge is 0.356 e. The van der Waals surface area contributed by atoms with Crippen molar-refractivity contribution in [2.75, 3.05) is 13.6 Å². The Balaban J connectivity index is 0.00000264. The van der Waals surface area contributed by atoms with Crippen LogP contribution in [0, 0.1) is 0 Å². The predicted molar refractivity (Wildman–Crippen MR) is 102 cm³/mol. The van der Waals surface area contributed by atoms with E-state index in [9.17, 15) is 0 Å². The Morgan fingerprint density at radius 3 is 2.83 bits per heavy atom. The average Bonchev–Trinajstić information content (AvgIpc) is 3.00. The maximum Gasteiger partial charge on any atom is 0.191 e. The van der Waals surface area contributed by atoms with E-state index in [0.29, 0.717) is 11.7 Å². The summed E-state index contributed by atoms with van der Waals surface area (Å²) < 4.78 is 1.99. The molecular weight excluding hydrogens is 429 g/mol. The minimum absolute atomic E-state index is 0. The number of hydrogen-bond donors (Lipinski definition) is 2. The first-order valence-corrected chi connectivity index (χ1v) is 7.52. The summed E-state index contributed by atoms with van der Waals surface area (Å²) >= 11 is 5.76. The van der Waals surface area contributed by atoms with Gasteiger partial charge in [0.25, 0.3) is 0 Å². The normalized spacial score (nSPS) is 11.0. The van der Waals surface area contributed by atoms with Crippen molar-refractivity contribution < 1.29 is 0 Å². The standard InChI is InChI=1S/C14H20ClN7.HI/c1-3-22-10-20-21-13(22)9-19-14(16-2)17-7-6-11-4-5-12(15)18-8-11;/h4-5,8,10H,3,6-7,9H2,1-2H3,(H2,16,17,19);1H.